The topological polar surface area (TPSA) is 51.5 Å². The van der Waals surface area contributed by atoms with Gasteiger partial charge in [0.15, 0.2) is 0 Å². The standard InChI is InChI=1S/C16H20Cl3NO3/c1-10-11(2)14(23-15(20)16(17,18)19)22-9-13(10)21-8-12-6-4-3-5-7-12/h3-7,10-11,13-14,20H,8-9H2,1-2H3/t10-,11?,13+,14+/m1/s1. The summed E-state index contributed by atoms with van der Waals surface area (Å²) in [6, 6.07) is 9.97. The first-order valence-corrected chi connectivity index (χ1v) is 8.52. The predicted octanol–water partition coefficient (Wildman–Crippen LogP) is 4.56. The molecule has 0 radical (unpaired) electrons. The summed E-state index contributed by atoms with van der Waals surface area (Å²) in [4.78, 5) is 0. The summed E-state index contributed by atoms with van der Waals surface area (Å²) >= 11 is 16.9. The SMILES string of the molecule is CC1[C@H](OC(=N)C(Cl)(Cl)Cl)OC[C@H](OCc2ccccc2)[C@@H]1C. The molecule has 1 aliphatic heterocycles. The summed E-state index contributed by atoms with van der Waals surface area (Å²) in [6.45, 7) is 4.94. The number of ether oxygens (including phenoxy) is 3. The lowest BCUT2D eigenvalue weighted by molar-refractivity contribution is -0.211. The van der Waals surface area contributed by atoms with Gasteiger partial charge in [0.2, 0.25) is 12.2 Å². The first-order chi connectivity index (χ1) is 10.8. The van der Waals surface area contributed by atoms with Crippen molar-refractivity contribution in [1.82, 2.24) is 0 Å². The van der Waals surface area contributed by atoms with Crippen molar-refractivity contribution in [3.8, 4) is 0 Å². The van der Waals surface area contributed by atoms with Crippen LogP contribution in [0.25, 0.3) is 0 Å². The summed E-state index contributed by atoms with van der Waals surface area (Å²) in [5.74, 6) is -0.256. The minimum Gasteiger partial charge on any atom is -0.448 e. The molecule has 1 N–H and O–H groups in total. The summed E-state index contributed by atoms with van der Waals surface area (Å²) in [5, 5.41) is 7.65. The minimum absolute atomic E-state index is 0.00257. The summed E-state index contributed by atoms with van der Waals surface area (Å²) < 4.78 is 15.1. The maximum atomic E-state index is 7.65. The molecule has 0 saturated carbocycles. The van der Waals surface area contributed by atoms with Crippen molar-refractivity contribution in [2.24, 2.45) is 11.8 Å². The Kier molecular flexibility index (Phi) is 6.57. The second-order valence-electron chi connectivity index (χ2n) is 5.70. The van der Waals surface area contributed by atoms with Crippen molar-refractivity contribution < 1.29 is 14.2 Å². The van der Waals surface area contributed by atoms with Crippen LogP contribution in [0.2, 0.25) is 0 Å². The normalized spacial score (nSPS) is 28.4. The highest BCUT2D eigenvalue weighted by atomic mass is 35.6. The fourth-order valence-corrected chi connectivity index (χ4v) is 2.52. The zero-order valence-corrected chi connectivity index (χ0v) is 15.2. The molecule has 0 aromatic heterocycles. The number of nitrogens with one attached hydrogen (secondary N) is 1. The summed E-state index contributed by atoms with van der Waals surface area (Å²) in [7, 11) is 0. The van der Waals surface area contributed by atoms with Crippen LogP contribution in [0.15, 0.2) is 30.3 Å². The molecule has 0 amide bonds. The van der Waals surface area contributed by atoms with E-state index in [1.54, 1.807) is 0 Å². The van der Waals surface area contributed by atoms with E-state index in [1.165, 1.54) is 0 Å². The maximum absolute atomic E-state index is 7.65. The molecule has 1 fully saturated rings. The molecule has 23 heavy (non-hydrogen) atoms. The molecule has 4 atom stereocenters. The molecule has 2 rings (SSSR count). The van der Waals surface area contributed by atoms with Gasteiger partial charge in [-0.1, -0.05) is 79.0 Å². The summed E-state index contributed by atoms with van der Waals surface area (Å²) in [5.41, 5.74) is 1.11. The number of hydrogen-bond donors (Lipinski definition) is 1. The molecule has 0 spiro atoms. The molecule has 1 aromatic rings. The second-order valence-corrected chi connectivity index (χ2v) is 7.98. The number of rotatable bonds is 4. The zero-order chi connectivity index (χ0) is 17.0. The molecule has 0 aliphatic carbocycles. The largest absolute Gasteiger partial charge is 0.448 e. The van der Waals surface area contributed by atoms with Gasteiger partial charge in [0.05, 0.1) is 19.3 Å². The van der Waals surface area contributed by atoms with Crippen molar-refractivity contribution in [1.29, 1.82) is 5.41 Å². The highest BCUT2D eigenvalue weighted by molar-refractivity contribution is 6.76. The Bertz CT molecular complexity index is 521. The van der Waals surface area contributed by atoms with Crippen molar-refractivity contribution in [3.63, 3.8) is 0 Å². The molecule has 7 heteroatoms. The Morgan fingerprint density at radius 2 is 1.87 bits per heavy atom. The summed E-state index contributed by atoms with van der Waals surface area (Å²) in [6.07, 6.45) is -0.670. The van der Waals surface area contributed by atoms with E-state index >= 15 is 0 Å². The highest BCUT2D eigenvalue weighted by Gasteiger charge is 2.40. The molecular weight excluding hydrogens is 361 g/mol. The van der Waals surface area contributed by atoms with E-state index < -0.39 is 16.0 Å². The van der Waals surface area contributed by atoms with Gasteiger partial charge in [0.25, 0.3) is 3.79 Å². The third-order valence-corrected chi connectivity index (χ3v) is 4.58. The van der Waals surface area contributed by atoms with Crippen molar-refractivity contribution in [2.45, 2.75) is 36.6 Å². The second kappa shape index (κ2) is 8.04. The van der Waals surface area contributed by atoms with Crippen LogP contribution in [0, 0.1) is 17.2 Å². The Balaban J connectivity index is 1.88. The third-order valence-electron chi connectivity index (χ3n) is 4.07. The molecular formula is C16H20Cl3NO3. The Morgan fingerprint density at radius 3 is 2.48 bits per heavy atom. The minimum atomic E-state index is -1.88. The molecule has 1 heterocycles. The van der Waals surface area contributed by atoms with E-state index in [0.717, 1.165) is 5.56 Å². The van der Waals surface area contributed by atoms with E-state index in [2.05, 4.69) is 6.92 Å². The number of halogens is 3. The Labute approximate surface area is 151 Å². The molecule has 1 saturated heterocycles. The fourth-order valence-electron chi connectivity index (χ4n) is 2.38. The van der Waals surface area contributed by atoms with E-state index in [-0.39, 0.29) is 17.9 Å². The van der Waals surface area contributed by atoms with Gasteiger partial charge in [-0.2, -0.15) is 0 Å². The maximum Gasteiger partial charge on any atom is 0.265 e. The number of benzene rings is 1. The van der Waals surface area contributed by atoms with Crippen LogP contribution < -0.4 is 0 Å². The van der Waals surface area contributed by atoms with E-state index in [4.69, 9.17) is 54.4 Å². The molecule has 1 unspecified atom stereocenters. The number of hydrogen-bond acceptors (Lipinski definition) is 4. The van der Waals surface area contributed by atoms with Crippen LogP contribution in [0.1, 0.15) is 19.4 Å². The van der Waals surface area contributed by atoms with Crippen LogP contribution in [0.4, 0.5) is 0 Å². The van der Waals surface area contributed by atoms with Crippen LogP contribution in [0.3, 0.4) is 0 Å². The van der Waals surface area contributed by atoms with Gasteiger partial charge in [-0.25, -0.2) is 0 Å². The van der Waals surface area contributed by atoms with Crippen molar-refractivity contribution in [3.05, 3.63) is 35.9 Å². The quantitative estimate of drug-likeness (QED) is 0.473. The first-order valence-electron chi connectivity index (χ1n) is 7.38. The van der Waals surface area contributed by atoms with Crippen LogP contribution in [-0.4, -0.2) is 28.7 Å². The van der Waals surface area contributed by atoms with E-state index in [1.807, 2.05) is 37.3 Å². The third kappa shape index (κ3) is 5.23. The molecule has 128 valence electrons. The van der Waals surface area contributed by atoms with Gasteiger partial charge < -0.3 is 14.2 Å². The van der Waals surface area contributed by atoms with Gasteiger partial charge in [-0.05, 0) is 11.5 Å². The first kappa shape index (κ1) is 18.8. The smallest absolute Gasteiger partial charge is 0.265 e. The predicted molar refractivity (Wildman–Crippen MR) is 92.2 cm³/mol. The monoisotopic (exact) mass is 379 g/mol. The van der Waals surface area contributed by atoms with Crippen LogP contribution in [-0.2, 0) is 20.8 Å². The van der Waals surface area contributed by atoms with E-state index in [0.29, 0.717) is 13.2 Å². The molecule has 1 aliphatic rings. The van der Waals surface area contributed by atoms with Crippen molar-refractivity contribution in [2.75, 3.05) is 6.61 Å². The van der Waals surface area contributed by atoms with Gasteiger partial charge >= 0.3 is 0 Å². The fraction of sp³-hybridized carbons (Fsp3) is 0.562. The Morgan fingerprint density at radius 1 is 1.22 bits per heavy atom. The highest BCUT2D eigenvalue weighted by Crippen LogP contribution is 2.33. The van der Waals surface area contributed by atoms with Crippen LogP contribution >= 0.6 is 34.8 Å². The molecule has 4 nitrogen and oxygen atoms in total. The zero-order valence-electron chi connectivity index (χ0n) is 13.0. The van der Waals surface area contributed by atoms with Gasteiger partial charge in [-0.15, -0.1) is 0 Å². The lowest BCUT2D eigenvalue weighted by Gasteiger charge is -2.39. The molecule has 1 aromatic carbocycles. The average Bonchev–Trinajstić information content (AvgIpc) is 2.51. The average molecular weight is 381 g/mol. The van der Waals surface area contributed by atoms with Gasteiger partial charge in [-0.3, -0.25) is 5.41 Å². The van der Waals surface area contributed by atoms with Gasteiger partial charge in [0, 0.05) is 5.92 Å². The molecule has 0 bridgehead atoms. The Hall–Kier alpha value is -0.520. The van der Waals surface area contributed by atoms with E-state index in [9.17, 15) is 0 Å². The lowest BCUT2D eigenvalue weighted by atomic mass is 9.88. The lowest BCUT2D eigenvalue weighted by Crippen LogP contribution is -2.46. The van der Waals surface area contributed by atoms with Gasteiger partial charge in [0.1, 0.15) is 0 Å². The van der Waals surface area contributed by atoms with Crippen LogP contribution in [0.5, 0.6) is 0 Å². The number of alkyl halides is 3. The van der Waals surface area contributed by atoms with Crippen molar-refractivity contribution >= 4 is 40.7 Å².